The predicted octanol–water partition coefficient (Wildman–Crippen LogP) is 8.11. The molecule has 0 aliphatic rings. The summed E-state index contributed by atoms with van der Waals surface area (Å²) in [5.41, 5.74) is 14.1. The zero-order chi connectivity index (χ0) is 34.6. The summed E-state index contributed by atoms with van der Waals surface area (Å²) in [4.78, 5) is 32.0. The highest BCUT2D eigenvalue weighted by atomic mass is 31.2. The molecule has 0 fully saturated rings. The molecule has 2 unspecified atom stereocenters. The van der Waals surface area contributed by atoms with E-state index in [-0.39, 0.29) is 24.2 Å². The molecule has 48 heavy (non-hydrogen) atoms. The average Bonchev–Trinajstić information content (AvgIpc) is 3.40. The number of nitrogens with zero attached hydrogens (tertiary/aromatic N) is 4. The number of hydrogen-bond acceptors (Lipinski definition) is 8. The quantitative estimate of drug-likeness (QED) is 0.0367. The van der Waals surface area contributed by atoms with Crippen molar-refractivity contribution in [2.45, 2.75) is 129 Å². The van der Waals surface area contributed by atoms with Crippen molar-refractivity contribution >= 4 is 30.5 Å². The lowest BCUT2D eigenvalue weighted by molar-refractivity contribution is 0.0754. The van der Waals surface area contributed by atoms with E-state index in [2.05, 4.69) is 41.2 Å². The summed E-state index contributed by atoms with van der Waals surface area (Å²) < 4.78 is 24.9. The fraction of sp³-hybridized carbons (Fsp3) is 0.639. The lowest BCUT2D eigenvalue weighted by Crippen LogP contribution is -2.21. The van der Waals surface area contributed by atoms with Gasteiger partial charge in [-0.3, -0.25) is 4.57 Å². The Balaban J connectivity index is 1.47. The molecule has 11 nitrogen and oxygen atoms in total. The van der Waals surface area contributed by atoms with Gasteiger partial charge in [0.1, 0.15) is 12.2 Å². The van der Waals surface area contributed by atoms with Crippen LogP contribution < -0.4 is 11.5 Å². The minimum atomic E-state index is -4.33. The zero-order valence-electron chi connectivity index (χ0n) is 29.1. The second-order valence-electron chi connectivity index (χ2n) is 12.8. The van der Waals surface area contributed by atoms with Gasteiger partial charge in [0.15, 0.2) is 17.0 Å². The lowest BCUT2D eigenvalue weighted by Gasteiger charge is -2.21. The third-order valence-corrected chi connectivity index (χ3v) is 8.99. The van der Waals surface area contributed by atoms with Gasteiger partial charge in [-0.15, -0.1) is 0 Å². The maximum atomic E-state index is 11.4. The van der Waals surface area contributed by atoms with Crippen LogP contribution in [0.2, 0.25) is 0 Å². The van der Waals surface area contributed by atoms with E-state index < -0.39 is 20.0 Å². The molecule has 0 amide bonds. The van der Waals surface area contributed by atoms with Gasteiger partial charge < -0.3 is 35.3 Å². The molecular formula is C36H59N6O5P. The number of allylic oxidation sites excluding steroid dienone is 2. The van der Waals surface area contributed by atoms with Gasteiger partial charge in [-0.2, -0.15) is 9.97 Å². The number of imidazole rings is 1. The molecule has 0 radical (unpaired) electrons. The minimum absolute atomic E-state index is 0.0201. The van der Waals surface area contributed by atoms with Crippen molar-refractivity contribution < 1.29 is 23.8 Å². The Morgan fingerprint density at radius 2 is 1.48 bits per heavy atom. The van der Waals surface area contributed by atoms with Gasteiger partial charge in [-0.1, -0.05) is 107 Å². The van der Waals surface area contributed by atoms with E-state index in [0.717, 1.165) is 18.4 Å². The van der Waals surface area contributed by atoms with Crippen LogP contribution in [0.15, 0.2) is 42.5 Å². The van der Waals surface area contributed by atoms with Crippen molar-refractivity contribution in [3.63, 3.8) is 0 Å². The maximum absolute atomic E-state index is 11.4. The number of hydrogen-bond donors (Lipinski definition) is 4. The summed E-state index contributed by atoms with van der Waals surface area (Å²) in [6.07, 6.45) is 22.0. The number of nitrogen functional groups attached to an aromatic ring is 2. The molecule has 0 saturated heterocycles. The van der Waals surface area contributed by atoms with Gasteiger partial charge in [0.2, 0.25) is 5.95 Å². The smallest absolute Gasteiger partial charge is 0.350 e. The molecular weight excluding hydrogens is 627 g/mol. The zero-order valence-corrected chi connectivity index (χ0v) is 30.0. The number of ether oxygens (including phenoxy) is 2. The van der Waals surface area contributed by atoms with Gasteiger partial charge in [0.25, 0.3) is 0 Å². The van der Waals surface area contributed by atoms with Crippen LogP contribution in [0.1, 0.15) is 127 Å². The summed E-state index contributed by atoms with van der Waals surface area (Å²) in [6, 6.07) is 10.0. The molecule has 2 atom stereocenters. The van der Waals surface area contributed by atoms with Crippen LogP contribution in [0.5, 0.6) is 0 Å². The van der Waals surface area contributed by atoms with Crippen LogP contribution in [-0.2, 0) is 20.6 Å². The van der Waals surface area contributed by atoms with Crippen LogP contribution >= 0.6 is 7.60 Å². The number of rotatable bonds is 26. The number of benzene rings is 1. The van der Waals surface area contributed by atoms with E-state index in [9.17, 15) is 14.4 Å². The van der Waals surface area contributed by atoms with Gasteiger partial charge in [0.05, 0.1) is 12.6 Å². The summed E-state index contributed by atoms with van der Waals surface area (Å²) in [7, 11) is -4.33. The minimum Gasteiger partial charge on any atom is -0.382 e. The van der Waals surface area contributed by atoms with Crippen LogP contribution in [0, 0.1) is 0 Å². The molecule has 3 rings (SSSR count). The fourth-order valence-corrected chi connectivity index (χ4v) is 6.37. The first-order valence-corrected chi connectivity index (χ1v) is 19.7. The second kappa shape index (κ2) is 22.0. The Labute approximate surface area is 287 Å². The van der Waals surface area contributed by atoms with Crippen molar-refractivity contribution in [2.24, 2.45) is 0 Å². The Bertz CT molecular complexity index is 1400. The van der Waals surface area contributed by atoms with Gasteiger partial charge in [0, 0.05) is 19.1 Å². The Morgan fingerprint density at radius 3 is 2.12 bits per heavy atom. The van der Waals surface area contributed by atoms with E-state index >= 15 is 0 Å². The number of aromatic nitrogens is 4. The van der Waals surface area contributed by atoms with Crippen LogP contribution in [0.3, 0.4) is 0 Å². The molecule has 6 N–H and O–H groups in total. The number of nitrogens with two attached hydrogens (primary N) is 2. The lowest BCUT2D eigenvalue weighted by atomic mass is 9.95. The van der Waals surface area contributed by atoms with Crippen LogP contribution in [0.25, 0.3) is 11.2 Å². The van der Waals surface area contributed by atoms with E-state index in [0.29, 0.717) is 36.6 Å². The van der Waals surface area contributed by atoms with E-state index in [1.807, 2.05) is 22.8 Å². The molecule has 1 aromatic carbocycles. The first-order valence-electron chi connectivity index (χ1n) is 17.9. The number of anilines is 2. The highest BCUT2D eigenvalue weighted by Crippen LogP contribution is 2.35. The molecule has 0 aliphatic heterocycles. The Morgan fingerprint density at radius 1 is 0.854 bits per heavy atom. The highest BCUT2D eigenvalue weighted by Gasteiger charge is 2.26. The van der Waals surface area contributed by atoms with Crippen molar-refractivity contribution in [2.75, 3.05) is 31.0 Å². The first-order chi connectivity index (χ1) is 23.2. The van der Waals surface area contributed by atoms with E-state index in [4.69, 9.17) is 25.9 Å². The van der Waals surface area contributed by atoms with Crippen LogP contribution in [0.4, 0.5) is 11.8 Å². The predicted molar refractivity (Wildman–Crippen MR) is 195 cm³/mol. The highest BCUT2D eigenvalue weighted by molar-refractivity contribution is 7.51. The van der Waals surface area contributed by atoms with Gasteiger partial charge in [-0.25, -0.2) is 4.98 Å². The Kier molecular flexibility index (Phi) is 18.2. The molecule has 2 aromatic heterocycles. The maximum Gasteiger partial charge on any atom is 0.350 e. The first kappa shape index (κ1) is 39.6. The van der Waals surface area contributed by atoms with E-state index in [1.54, 1.807) is 6.92 Å². The molecule has 268 valence electrons. The van der Waals surface area contributed by atoms with Crippen molar-refractivity contribution in [1.82, 2.24) is 19.5 Å². The molecule has 12 heteroatoms. The third-order valence-electron chi connectivity index (χ3n) is 8.50. The number of fused-ring (bicyclic) bond motifs is 1. The molecule has 0 aliphatic carbocycles. The molecule has 0 saturated carbocycles. The SMILES string of the molecule is CCCCCCCC/C=C\CCCCCCCCOCCC(c1ccccc1)c1nc2c(N)nc(N)nc2n1CC(C)OCP(=O)(O)O. The van der Waals surface area contributed by atoms with Crippen molar-refractivity contribution in [3.8, 4) is 0 Å². The van der Waals surface area contributed by atoms with Gasteiger partial charge in [-0.05, 0) is 51.0 Å². The topological polar surface area (TPSA) is 172 Å². The number of unbranched alkanes of at least 4 members (excludes halogenated alkanes) is 12. The monoisotopic (exact) mass is 686 g/mol. The molecule has 2 heterocycles. The van der Waals surface area contributed by atoms with Crippen molar-refractivity contribution in [1.29, 1.82) is 0 Å². The average molecular weight is 687 g/mol. The molecule has 3 aromatic rings. The fourth-order valence-electron chi connectivity index (χ4n) is 5.92. The normalized spacial score (nSPS) is 13.5. The van der Waals surface area contributed by atoms with Crippen molar-refractivity contribution in [3.05, 3.63) is 53.9 Å². The molecule has 0 spiro atoms. The molecule has 0 bridgehead atoms. The standard InChI is InChI=1S/C36H59N6O5P/c1-3-4-5-6-7-8-9-10-11-12-13-14-15-16-17-21-25-46-26-24-31(30-22-19-18-20-23-30)34-39-32-33(37)40-36(38)41-35(32)42(34)27-29(2)47-28-48(43,44)45/h10-11,18-20,22-23,29,31H,3-9,12-17,21,24-28H2,1-2H3,(H2,43,44,45)(H4,37,38,40,41)/b11-10-. The summed E-state index contributed by atoms with van der Waals surface area (Å²) in [5, 5.41) is 0. The summed E-state index contributed by atoms with van der Waals surface area (Å²) >= 11 is 0. The van der Waals surface area contributed by atoms with Gasteiger partial charge >= 0.3 is 7.60 Å². The Hall–Kier alpha value is -2.82. The largest absolute Gasteiger partial charge is 0.382 e. The van der Waals surface area contributed by atoms with E-state index in [1.165, 1.54) is 77.0 Å². The summed E-state index contributed by atoms with van der Waals surface area (Å²) in [6.45, 7) is 5.50. The second-order valence-corrected chi connectivity index (χ2v) is 14.4. The summed E-state index contributed by atoms with van der Waals surface area (Å²) in [5.74, 6) is 0.723. The third kappa shape index (κ3) is 14.7. The van der Waals surface area contributed by atoms with Crippen LogP contribution in [-0.4, -0.2) is 55.0 Å².